The van der Waals surface area contributed by atoms with Gasteiger partial charge >= 0.3 is 0 Å². The van der Waals surface area contributed by atoms with E-state index in [1.807, 2.05) is 18.2 Å². The molecule has 1 aliphatic carbocycles. The Hall–Kier alpha value is -3.09. The molecule has 146 valence electrons. The van der Waals surface area contributed by atoms with Gasteiger partial charge in [-0.3, -0.25) is 0 Å². The number of ether oxygens (including phenoxy) is 1. The van der Waals surface area contributed by atoms with Crippen molar-refractivity contribution in [3.63, 3.8) is 0 Å². The van der Waals surface area contributed by atoms with E-state index in [4.69, 9.17) is 4.74 Å². The predicted octanol–water partition coefficient (Wildman–Crippen LogP) is 4.28. The molecule has 1 aromatic heterocycles. The molecule has 7 heteroatoms. The standard InChI is InChI=1S/C21H24N4O3/c1-12(2)13-7-8-20(28-3)16(9-13)15-10-17(19(27)11-18(15)26)21-22-23-24-25(21)14-5-4-6-14/h7-12,14,26-27H,4-6H2,1-3H3. The lowest BCUT2D eigenvalue weighted by molar-refractivity contribution is 0.287. The Morgan fingerprint density at radius 3 is 2.43 bits per heavy atom. The second-order valence-electron chi connectivity index (χ2n) is 7.53. The quantitative estimate of drug-likeness (QED) is 0.686. The molecule has 1 aliphatic rings. The van der Waals surface area contributed by atoms with Crippen LogP contribution in [0.1, 0.15) is 50.6 Å². The molecule has 0 unspecified atom stereocenters. The van der Waals surface area contributed by atoms with Crippen LogP contribution in [0.3, 0.4) is 0 Å². The van der Waals surface area contributed by atoms with Crippen molar-refractivity contribution in [2.45, 2.75) is 45.1 Å². The number of hydrogen-bond acceptors (Lipinski definition) is 6. The average molecular weight is 380 g/mol. The predicted molar refractivity (Wildman–Crippen MR) is 106 cm³/mol. The van der Waals surface area contributed by atoms with E-state index in [-0.39, 0.29) is 17.5 Å². The van der Waals surface area contributed by atoms with Gasteiger partial charge in [-0.1, -0.05) is 19.9 Å². The molecule has 0 amide bonds. The number of nitrogens with zero attached hydrogens (tertiary/aromatic N) is 4. The minimum absolute atomic E-state index is 0.0249. The van der Waals surface area contributed by atoms with Gasteiger partial charge in [-0.2, -0.15) is 0 Å². The fraction of sp³-hybridized carbons (Fsp3) is 0.381. The largest absolute Gasteiger partial charge is 0.507 e. The number of phenols is 2. The first kappa shape index (κ1) is 18.3. The molecule has 2 aromatic carbocycles. The van der Waals surface area contributed by atoms with E-state index in [2.05, 4.69) is 29.4 Å². The number of methoxy groups -OCH3 is 1. The Morgan fingerprint density at radius 1 is 1.04 bits per heavy atom. The maximum Gasteiger partial charge on any atom is 0.186 e. The molecule has 1 fully saturated rings. The number of tetrazole rings is 1. The molecule has 3 aromatic rings. The number of aromatic nitrogens is 4. The molecule has 0 atom stereocenters. The molecule has 2 N–H and O–H groups in total. The molecule has 0 bridgehead atoms. The van der Waals surface area contributed by atoms with Gasteiger partial charge in [-0.25, -0.2) is 4.68 Å². The minimum Gasteiger partial charge on any atom is -0.507 e. The molecule has 4 rings (SSSR count). The highest BCUT2D eigenvalue weighted by Crippen LogP contribution is 2.44. The van der Waals surface area contributed by atoms with Gasteiger partial charge in [0.1, 0.15) is 17.2 Å². The van der Waals surface area contributed by atoms with Crippen molar-refractivity contribution in [2.75, 3.05) is 7.11 Å². The Kier molecular flexibility index (Phi) is 4.66. The van der Waals surface area contributed by atoms with E-state index in [1.165, 1.54) is 6.07 Å². The van der Waals surface area contributed by atoms with Crippen LogP contribution in [0.5, 0.6) is 17.2 Å². The molecule has 1 saturated carbocycles. The molecule has 28 heavy (non-hydrogen) atoms. The monoisotopic (exact) mass is 380 g/mol. The summed E-state index contributed by atoms with van der Waals surface area (Å²) in [7, 11) is 1.60. The van der Waals surface area contributed by atoms with Gasteiger partial charge in [-0.15, -0.1) is 5.10 Å². The summed E-state index contributed by atoms with van der Waals surface area (Å²) < 4.78 is 7.28. The van der Waals surface area contributed by atoms with Crippen LogP contribution in [0.15, 0.2) is 30.3 Å². The van der Waals surface area contributed by atoms with Crippen LogP contribution < -0.4 is 4.74 Å². The fourth-order valence-corrected chi connectivity index (χ4v) is 3.52. The molecule has 7 nitrogen and oxygen atoms in total. The maximum atomic E-state index is 10.6. The van der Waals surface area contributed by atoms with Crippen LogP contribution in [0.4, 0.5) is 0 Å². The van der Waals surface area contributed by atoms with Crippen molar-refractivity contribution in [2.24, 2.45) is 0 Å². The molecular weight excluding hydrogens is 356 g/mol. The van der Waals surface area contributed by atoms with Crippen LogP contribution in [0.2, 0.25) is 0 Å². The summed E-state index contributed by atoms with van der Waals surface area (Å²) in [6.07, 6.45) is 3.19. The first-order valence-electron chi connectivity index (χ1n) is 9.52. The van der Waals surface area contributed by atoms with E-state index in [0.29, 0.717) is 28.6 Å². The number of phenolic OH excluding ortho intramolecular Hbond substituents is 2. The number of aromatic hydroxyl groups is 2. The third-order valence-electron chi connectivity index (χ3n) is 5.45. The molecule has 0 aliphatic heterocycles. The zero-order valence-corrected chi connectivity index (χ0v) is 16.3. The van der Waals surface area contributed by atoms with Crippen LogP contribution in [0.25, 0.3) is 22.5 Å². The first-order chi connectivity index (χ1) is 13.5. The summed E-state index contributed by atoms with van der Waals surface area (Å²) in [5, 5.41) is 33.1. The lowest BCUT2D eigenvalue weighted by atomic mass is 9.92. The Bertz CT molecular complexity index is 1010. The summed E-state index contributed by atoms with van der Waals surface area (Å²) >= 11 is 0. The van der Waals surface area contributed by atoms with Crippen molar-refractivity contribution in [3.8, 4) is 39.8 Å². The average Bonchev–Trinajstić information content (AvgIpc) is 3.08. The zero-order valence-electron chi connectivity index (χ0n) is 16.3. The summed E-state index contributed by atoms with van der Waals surface area (Å²) in [6.45, 7) is 4.22. The molecule has 1 heterocycles. The Balaban J connectivity index is 1.87. The smallest absolute Gasteiger partial charge is 0.186 e. The number of rotatable bonds is 5. The normalized spacial score (nSPS) is 14.3. The van der Waals surface area contributed by atoms with Crippen LogP contribution in [-0.2, 0) is 0 Å². The van der Waals surface area contributed by atoms with Crippen LogP contribution >= 0.6 is 0 Å². The van der Waals surface area contributed by atoms with Gasteiger partial charge in [0, 0.05) is 17.2 Å². The van der Waals surface area contributed by atoms with Gasteiger partial charge in [0.05, 0.1) is 18.7 Å². The van der Waals surface area contributed by atoms with Crippen LogP contribution in [0, 0.1) is 0 Å². The minimum atomic E-state index is -0.0596. The fourth-order valence-electron chi connectivity index (χ4n) is 3.52. The lowest BCUT2D eigenvalue weighted by Crippen LogP contribution is -2.19. The molecule has 0 saturated heterocycles. The van der Waals surface area contributed by atoms with Gasteiger partial charge < -0.3 is 14.9 Å². The van der Waals surface area contributed by atoms with Gasteiger partial charge in [0.15, 0.2) is 5.82 Å². The van der Waals surface area contributed by atoms with Crippen LogP contribution in [-0.4, -0.2) is 37.5 Å². The number of benzene rings is 2. The summed E-state index contributed by atoms with van der Waals surface area (Å²) in [4.78, 5) is 0. The lowest BCUT2D eigenvalue weighted by Gasteiger charge is -2.26. The van der Waals surface area contributed by atoms with Crippen molar-refractivity contribution in [1.82, 2.24) is 20.2 Å². The third-order valence-corrected chi connectivity index (χ3v) is 5.45. The first-order valence-corrected chi connectivity index (χ1v) is 9.52. The van der Waals surface area contributed by atoms with E-state index in [0.717, 1.165) is 30.4 Å². The van der Waals surface area contributed by atoms with E-state index < -0.39 is 0 Å². The van der Waals surface area contributed by atoms with Crippen molar-refractivity contribution in [3.05, 3.63) is 35.9 Å². The summed E-state index contributed by atoms with van der Waals surface area (Å²) in [5.41, 5.74) is 2.94. The van der Waals surface area contributed by atoms with Gasteiger partial charge in [0.2, 0.25) is 0 Å². The highest BCUT2D eigenvalue weighted by atomic mass is 16.5. The highest BCUT2D eigenvalue weighted by molar-refractivity contribution is 5.82. The van der Waals surface area contributed by atoms with Crippen molar-refractivity contribution in [1.29, 1.82) is 0 Å². The SMILES string of the molecule is COc1ccc(C(C)C)cc1-c1cc(-c2nnnn2C2CCC2)c(O)cc1O. The summed E-state index contributed by atoms with van der Waals surface area (Å²) in [6, 6.07) is 9.24. The molecule has 0 radical (unpaired) electrons. The Morgan fingerprint density at radius 2 is 1.79 bits per heavy atom. The second-order valence-corrected chi connectivity index (χ2v) is 7.53. The zero-order chi connectivity index (χ0) is 19.8. The van der Waals surface area contributed by atoms with E-state index in [1.54, 1.807) is 17.9 Å². The third kappa shape index (κ3) is 3.06. The summed E-state index contributed by atoms with van der Waals surface area (Å²) in [5.74, 6) is 1.39. The van der Waals surface area contributed by atoms with Gasteiger partial charge in [-0.05, 0) is 59.4 Å². The Labute approximate surface area is 163 Å². The van der Waals surface area contributed by atoms with Crippen molar-refractivity contribution >= 4 is 0 Å². The van der Waals surface area contributed by atoms with Crippen molar-refractivity contribution < 1.29 is 14.9 Å². The second kappa shape index (κ2) is 7.14. The van der Waals surface area contributed by atoms with Gasteiger partial charge in [0.25, 0.3) is 0 Å². The highest BCUT2D eigenvalue weighted by Gasteiger charge is 2.26. The molecular formula is C21H24N4O3. The molecule has 0 spiro atoms. The topological polar surface area (TPSA) is 93.3 Å². The number of hydrogen-bond donors (Lipinski definition) is 2. The van der Waals surface area contributed by atoms with E-state index in [9.17, 15) is 10.2 Å². The maximum absolute atomic E-state index is 10.6. The van der Waals surface area contributed by atoms with E-state index >= 15 is 0 Å².